The Morgan fingerprint density at radius 2 is 1.72 bits per heavy atom. The maximum absolute atomic E-state index is 13.1. The fourth-order valence-electron chi connectivity index (χ4n) is 5.57. The van der Waals surface area contributed by atoms with Crippen LogP contribution in [0, 0.1) is 13.8 Å². The van der Waals surface area contributed by atoms with E-state index >= 15 is 0 Å². The number of Topliss-reactive ketones (excluding diaryl/α,β-unsaturated/α-hetero) is 1. The second-order valence-corrected chi connectivity index (χ2v) is 13.5. The number of nitrogens with zero attached hydrogens (tertiary/aromatic N) is 4. The molecule has 0 N–H and O–H groups in total. The topological polar surface area (TPSA) is 69.9 Å². The monoisotopic (exact) mass is 608 g/mol. The molecule has 218 valence electrons. The van der Waals surface area contributed by atoms with E-state index in [4.69, 9.17) is 26.3 Å². The van der Waals surface area contributed by atoms with Crippen LogP contribution in [0.25, 0.3) is 54.1 Å². The van der Waals surface area contributed by atoms with Crippen molar-refractivity contribution in [1.82, 2.24) is 19.7 Å². The number of carbonyl (C=O) groups is 1. The van der Waals surface area contributed by atoms with Gasteiger partial charge in [0.15, 0.2) is 5.78 Å². The number of halogens is 1. The zero-order valence-electron chi connectivity index (χ0n) is 25.3. The van der Waals surface area contributed by atoms with E-state index in [1.807, 2.05) is 82.1 Å². The largest absolute Gasteiger partial charge is 0.360 e. The molecule has 0 saturated carbocycles. The maximum Gasteiger partial charge on any atom is 0.163 e. The van der Waals surface area contributed by atoms with Crippen LogP contribution in [-0.2, 0) is 16.6 Å². The molecule has 0 aliphatic heterocycles. The Bertz CT molecular complexity index is 2020. The molecule has 3 heterocycles. The highest BCUT2D eigenvalue weighted by Gasteiger charge is 2.30. The molecule has 0 fully saturated rings. The quantitative estimate of drug-likeness (QED) is 0.188. The Morgan fingerprint density at radius 1 is 0.977 bits per heavy atom. The van der Waals surface area contributed by atoms with Crippen LogP contribution in [0.15, 0.2) is 67.0 Å². The summed E-state index contributed by atoms with van der Waals surface area (Å²) in [5.41, 5.74) is 9.06. The number of ketones is 1. The highest BCUT2D eigenvalue weighted by Crippen LogP contribution is 2.44. The van der Waals surface area contributed by atoms with Gasteiger partial charge in [-0.1, -0.05) is 23.7 Å². The average Bonchev–Trinajstić information content (AvgIpc) is 3.54. The fraction of sp³-hybridized carbons (Fsp3) is 0.257. The molecule has 0 unspecified atom stereocenters. The number of benzene rings is 3. The Morgan fingerprint density at radius 3 is 2.42 bits per heavy atom. The molecule has 3 aromatic heterocycles. The predicted molar refractivity (Wildman–Crippen MR) is 177 cm³/mol. The lowest BCUT2D eigenvalue weighted by atomic mass is 9.90. The van der Waals surface area contributed by atoms with Crippen LogP contribution < -0.4 is 0 Å². The molecule has 6 rings (SSSR count). The van der Waals surface area contributed by atoms with Gasteiger partial charge in [0, 0.05) is 52.1 Å². The first-order chi connectivity index (χ1) is 20.4. The van der Waals surface area contributed by atoms with Crippen LogP contribution >= 0.6 is 22.9 Å². The normalized spacial score (nSPS) is 12.7. The molecule has 0 saturated heterocycles. The molecular formula is C35H33ClN4O2S. The molecule has 0 radical (unpaired) electrons. The summed E-state index contributed by atoms with van der Waals surface area (Å²) in [5, 5.41) is 7.19. The van der Waals surface area contributed by atoms with E-state index in [-0.39, 0.29) is 5.78 Å². The summed E-state index contributed by atoms with van der Waals surface area (Å²) in [7, 11) is 1.93. The van der Waals surface area contributed by atoms with Gasteiger partial charge in [-0.3, -0.25) is 14.5 Å². The second kappa shape index (κ2) is 11.0. The molecule has 1 atom stereocenters. The molecule has 6 aromatic rings. The number of aromatic nitrogens is 4. The van der Waals surface area contributed by atoms with Gasteiger partial charge in [-0.15, -0.1) is 11.3 Å². The zero-order valence-corrected chi connectivity index (χ0v) is 26.9. The first kappa shape index (κ1) is 29.2. The number of fused-ring (bicyclic) bond motifs is 2. The summed E-state index contributed by atoms with van der Waals surface area (Å²) in [5.74, 6) is -0.0445. The molecule has 0 spiro atoms. The Hall–Kier alpha value is -3.91. The van der Waals surface area contributed by atoms with Gasteiger partial charge < -0.3 is 4.74 Å². The Labute approximate surface area is 260 Å². The first-order valence-electron chi connectivity index (χ1n) is 14.2. The summed E-state index contributed by atoms with van der Waals surface area (Å²) in [6, 6.07) is 18.1. The second-order valence-electron chi connectivity index (χ2n) is 12.0. The van der Waals surface area contributed by atoms with Gasteiger partial charge in [0.2, 0.25) is 0 Å². The number of hydrogen-bond donors (Lipinski definition) is 0. The summed E-state index contributed by atoms with van der Waals surface area (Å²) in [6.45, 7) is 11.6. The summed E-state index contributed by atoms with van der Waals surface area (Å²) in [6.07, 6.45) is 3.14. The molecule has 0 aliphatic carbocycles. The SMILES string of the molecule is CC(=O)[C@@H](OC(C)(C)C)c1c(C)cc2nc(-c3ccnc(-c4cc(C)c5nn(C)cc5c4)c3)sc2c1-c1ccc(Cl)cc1. The standard InChI is InChI=1S/C35H33ClN4O2S/c1-19-15-28-33(30(22-8-10-26(36)11-9-22)29(19)32(21(3)41)42-35(4,5)6)43-34(38-28)23-12-13-37-27(17-23)24-14-20(2)31-25(16-24)18-40(7)39-31/h8-18,32H,1-7H3/t32-/m1/s1. The minimum Gasteiger partial charge on any atom is -0.360 e. The average molecular weight is 609 g/mol. The summed E-state index contributed by atoms with van der Waals surface area (Å²) in [4.78, 5) is 22.9. The lowest BCUT2D eigenvalue weighted by Gasteiger charge is -2.29. The smallest absolute Gasteiger partial charge is 0.163 e. The molecule has 8 heteroatoms. The summed E-state index contributed by atoms with van der Waals surface area (Å²) < 4.78 is 9.22. The zero-order chi connectivity index (χ0) is 30.6. The lowest BCUT2D eigenvalue weighted by molar-refractivity contribution is -0.138. The molecule has 3 aromatic carbocycles. The maximum atomic E-state index is 13.1. The van der Waals surface area contributed by atoms with Crippen molar-refractivity contribution in [2.24, 2.45) is 7.05 Å². The van der Waals surface area contributed by atoms with Gasteiger partial charge in [-0.25, -0.2) is 4.98 Å². The highest BCUT2D eigenvalue weighted by molar-refractivity contribution is 7.22. The van der Waals surface area contributed by atoms with Gasteiger partial charge in [0.25, 0.3) is 0 Å². The van der Waals surface area contributed by atoms with Crippen LogP contribution in [0.5, 0.6) is 0 Å². The third-order valence-corrected chi connectivity index (χ3v) is 8.77. The number of hydrogen-bond acceptors (Lipinski definition) is 6. The number of thiazole rings is 1. The Balaban J connectivity index is 1.54. The van der Waals surface area contributed by atoms with Gasteiger partial charge in [0.1, 0.15) is 11.1 Å². The number of carbonyl (C=O) groups excluding carboxylic acids is 1. The molecule has 0 aliphatic rings. The van der Waals surface area contributed by atoms with Crippen LogP contribution in [-0.4, -0.2) is 31.1 Å². The van der Waals surface area contributed by atoms with E-state index in [0.29, 0.717) is 5.02 Å². The van der Waals surface area contributed by atoms with E-state index in [1.165, 1.54) is 0 Å². The molecule has 43 heavy (non-hydrogen) atoms. The van der Waals surface area contributed by atoms with Crippen molar-refractivity contribution < 1.29 is 9.53 Å². The van der Waals surface area contributed by atoms with Crippen molar-refractivity contribution in [2.45, 2.75) is 53.2 Å². The minimum absolute atomic E-state index is 0.0445. The third-order valence-electron chi connectivity index (χ3n) is 7.38. The van der Waals surface area contributed by atoms with Crippen LogP contribution in [0.1, 0.15) is 50.5 Å². The number of aryl methyl sites for hydroxylation is 3. The van der Waals surface area contributed by atoms with Gasteiger partial charge in [0.05, 0.1) is 27.0 Å². The molecule has 0 amide bonds. The number of pyridine rings is 1. The van der Waals surface area contributed by atoms with Crippen LogP contribution in [0.3, 0.4) is 0 Å². The molecule has 0 bridgehead atoms. The van der Waals surface area contributed by atoms with Crippen LogP contribution in [0.4, 0.5) is 0 Å². The minimum atomic E-state index is -0.723. The van der Waals surface area contributed by atoms with Crippen molar-refractivity contribution in [3.63, 3.8) is 0 Å². The van der Waals surface area contributed by atoms with E-state index < -0.39 is 11.7 Å². The van der Waals surface area contributed by atoms with Gasteiger partial charge >= 0.3 is 0 Å². The Kier molecular flexibility index (Phi) is 7.45. The van der Waals surface area contributed by atoms with Crippen molar-refractivity contribution in [3.05, 3.63) is 88.7 Å². The van der Waals surface area contributed by atoms with Crippen LogP contribution in [0.2, 0.25) is 5.02 Å². The third kappa shape index (κ3) is 5.73. The fourth-order valence-corrected chi connectivity index (χ4v) is 6.82. The lowest BCUT2D eigenvalue weighted by Crippen LogP contribution is -2.27. The van der Waals surface area contributed by atoms with E-state index in [9.17, 15) is 4.79 Å². The van der Waals surface area contributed by atoms with Gasteiger partial charge in [-0.2, -0.15) is 5.10 Å². The van der Waals surface area contributed by atoms with Crippen molar-refractivity contribution in [2.75, 3.05) is 0 Å². The molecule has 6 nitrogen and oxygen atoms in total. The highest BCUT2D eigenvalue weighted by atomic mass is 35.5. The van der Waals surface area contributed by atoms with Crippen molar-refractivity contribution in [3.8, 4) is 33.0 Å². The summed E-state index contributed by atoms with van der Waals surface area (Å²) >= 11 is 7.89. The number of rotatable bonds is 6. The molecular weight excluding hydrogens is 576 g/mol. The predicted octanol–water partition coefficient (Wildman–Crippen LogP) is 9.29. The van der Waals surface area contributed by atoms with E-state index in [1.54, 1.807) is 18.3 Å². The first-order valence-corrected chi connectivity index (χ1v) is 15.4. The van der Waals surface area contributed by atoms with E-state index in [0.717, 1.165) is 70.8 Å². The van der Waals surface area contributed by atoms with Crippen molar-refractivity contribution >= 4 is 49.8 Å². The van der Waals surface area contributed by atoms with Crippen molar-refractivity contribution in [1.29, 1.82) is 0 Å². The number of ether oxygens (including phenoxy) is 1. The van der Waals surface area contributed by atoms with Gasteiger partial charge in [-0.05, 0) is 101 Å². The van der Waals surface area contributed by atoms with E-state index in [2.05, 4.69) is 36.3 Å².